The number of hydrogen-bond donors (Lipinski definition) is 2. The molecule has 0 radical (unpaired) electrons. The number of aryl methyl sites for hydroxylation is 1. The van der Waals surface area contributed by atoms with Crippen molar-refractivity contribution in [2.24, 2.45) is 0 Å². The van der Waals surface area contributed by atoms with Gasteiger partial charge in [-0.3, -0.25) is 4.55 Å². The number of rotatable bonds is 4. The lowest BCUT2D eigenvalue weighted by Gasteiger charge is -2.20. The molecule has 0 aliphatic carbocycles. The summed E-state index contributed by atoms with van der Waals surface area (Å²) in [6.45, 7) is 11.4. The van der Waals surface area contributed by atoms with E-state index >= 15 is 0 Å². The number of piperidine rings is 1. The zero-order chi connectivity index (χ0) is 22.9. The first kappa shape index (κ1) is 23.6. The highest BCUT2D eigenvalue weighted by atomic mass is 32.2. The summed E-state index contributed by atoms with van der Waals surface area (Å²) in [5, 5.41) is 10.5. The molecule has 0 aromatic heterocycles. The van der Waals surface area contributed by atoms with Gasteiger partial charge in [0.25, 0.3) is 10.1 Å². The Morgan fingerprint density at radius 3 is 2.10 bits per heavy atom. The number of benzene rings is 2. The second-order valence-electron chi connectivity index (χ2n) is 8.10. The predicted octanol–water partition coefficient (Wildman–Crippen LogP) is 5.12. The van der Waals surface area contributed by atoms with Crippen molar-refractivity contribution in [3.05, 3.63) is 46.0 Å². The van der Waals surface area contributed by atoms with Gasteiger partial charge in [0, 0.05) is 22.6 Å². The molecule has 2 aromatic rings. The first-order chi connectivity index (χ1) is 14.5. The maximum absolute atomic E-state index is 11.6. The molecule has 0 unspecified atom stereocenters. The zero-order valence-electron chi connectivity index (χ0n) is 18.7. The Bertz CT molecular complexity index is 1120. The van der Waals surface area contributed by atoms with Gasteiger partial charge in [-0.2, -0.15) is 13.0 Å². The van der Waals surface area contributed by atoms with Crippen LogP contribution in [0.25, 0.3) is 0 Å². The van der Waals surface area contributed by atoms with Crippen LogP contribution >= 0.6 is 11.8 Å². The molecule has 3 rings (SSSR count). The maximum atomic E-state index is 11.6. The molecule has 8 heteroatoms. The monoisotopic (exact) mass is 464 g/mol. The van der Waals surface area contributed by atoms with Gasteiger partial charge in [0.1, 0.15) is 18.8 Å². The highest BCUT2D eigenvalue weighted by Gasteiger charge is 2.24. The third-order valence-electron chi connectivity index (χ3n) is 5.98. The predicted molar refractivity (Wildman–Crippen MR) is 123 cm³/mol. The number of nitrogens with zero attached hydrogens (tertiary/aromatic N) is 1. The van der Waals surface area contributed by atoms with E-state index in [0.717, 1.165) is 63.5 Å². The van der Waals surface area contributed by atoms with Gasteiger partial charge in [0.15, 0.2) is 0 Å². The van der Waals surface area contributed by atoms with E-state index in [0.29, 0.717) is 5.75 Å². The largest absolute Gasteiger partial charge is 0.552 e. The van der Waals surface area contributed by atoms with Crippen LogP contribution in [0.2, 0.25) is 0 Å². The molecule has 0 spiro atoms. The third-order valence-corrected chi connectivity index (χ3v) is 8.30. The van der Waals surface area contributed by atoms with E-state index in [1.54, 1.807) is 6.07 Å². The van der Waals surface area contributed by atoms with Crippen molar-refractivity contribution in [3.63, 3.8) is 0 Å². The van der Waals surface area contributed by atoms with Crippen molar-refractivity contribution in [1.82, 2.24) is 0 Å². The molecule has 1 aliphatic rings. The Morgan fingerprint density at radius 2 is 1.55 bits per heavy atom. The number of aliphatic hydroxyl groups is 1. The van der Waals surface area contributed by atoms with Crippen molar-refractivity contribution < 1.29 is 27.4 Å². The Balaban J connectivity index is 2.01. The van der Waals surface area contributed by atoms with Gasteiger partial charge in [-0.15, -0.1) is 0 Å². The molecule has 0 amide bonds. The minimum Gasteiger partial charge on any atom is -0.430 e. The lowest BCUT2D eigenvalue weighted by molar-refractivity contribution is -0.551. The molecule has 168 valence electrons. The standard InChI is InChI=1S/C23H29NO5S2/c1-14-9-10-19(31(26,27)28)13-20(14)30-22-17(4)15(2)21(16(3)18(22)5)29-23(25)24-11-7-6-8-12-24/h9-10,13H,6-8,11-12H2,1-5H3,(H,26,27,28)/p+1. The molecule has 1 fully saturated rings. The Labute approximate surface area is 188 Å². The average molecular weight is 465 g/mol. The van der Waals surface area contributed by atoms with Crippen LogP contribution in [0.5, 0.6) is 5.75 Å². The van der Waals surface area contributed by atoms with Crippen LogP contribution < -0.4 is 4.74 Å². The molecule has 0 bridgehead atoms. The number of hydrogen-bond acceptors (Lipinski definition) is 4. The van der Waals surface area contributed by atoms with E-state index in [1.165, 1.54) is 30.3 Å². The summed E-state index contributed by atoms with van der Waals surface area (Å²) in [4.78, 5) is 1.65. The molecular formula is C23H30NO5S2+. The Morgan fingerprint density at radius 1 is 0.968 bits per heavy atom. The van der Waals surface area contributed by atoms with Gasteiger partial charge in [-0.05, 0) is 81.0 Å². The highest BCUT2D eigenvalue weighted by Crippen LogP contribution is 2.42. The van der Waals surface area contributed by atoms with E-state index in [-0.39, 0.29) is 11.0 Å². The fourth-order valence-corrected chi connectivity index (χ4v) is 5.58. The van der Waals surface area contributed by atoms with Crippen LogP contribution in [0.1, 0.15) is 47.1 Å². The van der Waals surface area contributed by atoms with Gasteiger partial charge in [0.05, 0.1) is 4.90 Å². The van der Waals surface area contributed by atoms with Crippen molar-refractivity contribution >= 4 is 28.0 Å². The molecule has 6 nitrogen and oxygen atoms in total. The zero-order valence-corrected chi connectivity index (χ0v) is 20.3. The Hall–Kier alpha value is -2.03. The van der Waals surface area contributed by atoms with Gasteiger partial charge in [-0.1, -0.05) is 17.8 Å². The second-order valence-corrected chi connectivity index (χ2v) is 10.6. The lowest BCUT2D eigenvalue weighted by Crippen LogP contribution is -2.30. The number of ether oxygens (including phenoxy) is 1. The lowest BCUT2D eigenvalue weighted by atomic mass is 10.00. The van der Waals surface area contributed by atoms with Gasteiger partial charge in [-0.25, -0.2) is 0 Å². The van der Waals surface area contributed by atoms with Crippen LogP contribution in [-0.4, -0.2) is 41.8 Å². The van der Waals surface area contributed by atoms with Crippen molar-refractivity contribution in [1.29, 1.82) is 0 Å². The van der Waals surface area contributed by atoms with E-state index in [4.69, 9.17) is 4.74 Å². The molecule has 2 aromatic carbocycles. The summed E-state index contributed by atoms with van der Waals surface area (Å²) >= 11 is 1.47. The van der Waals surface area contributed by atoms with E-state index < -0.39 is 10.1 Å². The fourth-order valence-electron chi connectivity index (χ4n) is 3.75. The molecule has 1 aliphatic heterocycles. The first-order valence-electron chi connectivity index (χ1n) is 10.4. The highest BCUT2D eigenvalue weighted by molar-refractivity contribution is 7.99. The van der Waals surface area contributed by atoms with Crippen LogP contribution in [-0.2, 0) is 10.1 Å². The van der Waals surface area contributed by atoms with E-state index in [2.05, 4.69) is 0 Å². The molecule has 0 saturated carbocycles. The average Bonchev–Trinajstić information content (AvgIpc) is 2.73. The third kappa shape index (κ3) is 5.07. The minimum absolute atomic E-state index is 0.0539. The molecule has 31 heavy (non-hydrogen) atoms. The second kappa shape index (κ2) is 9.22. The normalized spacial score (nSPS) is 14.6. The molecule has 2 N–H and O–H groups in total. The minimum atomic E-state index is -4.27. The maximum Gasteiger partial charge on any atom is 0.552 e. The molecule has 1 heterocycles. The smallest absolute Gasteiger partial charge is 0.430 e. The fraction of sp³-hybridized carbons (Fsp3) is 0.435. The summed E-state index contributed by atoms with van der Waals surface area (Å²) in [6.07, 6.45) is 3.20. The molecule has 0 atom stereocenters. The first-order valence-corrected chi connectivity index (χ1v) is 12.6. The summed E-state index contributed by atoms with van der Waals surface area (Å²) < 4.78 is 40.4. The summed E-state index contributed by atoms with van der Waals surface area (Å²) in [7, 11) is -4.27. The molecular weight excluding hydrogens is 434 g/mol. The van der Waals surface area contributed by atoms with Crippen LogP contribution in [0.15, 0.2) is 32.9 Å². The Kier molecular flexibility index (Phi) is 7.03. The number of aliphatic hydroxyl groups excluding tert-OH is 1. The van der Waals surface area contributed by atoms with Gasteiger partial charge in [0.2, 0.25) is 0 Å². The van der Waals surface area contributed by atoms with Crippen LogP contribution in [0.4, 0.5) is 0 Å². The van der Waals surface area contributed by atoms with Crippen LogP contribution in [0, 0.1) is 34.6 Å². The van der Waals surface area contributed by atoms with Gasteiger partial charge < -0.3 is 9.84 Å². The van der Waals surface area contributed by atoms with Crippen LogP contribution in [0.3, 0.4) is 0 Å². The molecule has 1 saturated heterocycles. The summed E-state index contributed by atoms with van der Waals surface area (Å²) in [5.41, 5.74) is 4.79. The van der Waals surface area contributed by atoms with E-state index in [9.17, 15) is 18.1 Å². The summed E-state index contributed by atoms with van der Waals surface area (Å²) in [6, 6.07) is 4.60. The SMILES string of the molecule is Cc1ccc(S(=O)(=O)O)cc1Sc1c(C)c(C)c(OC(O)=[N+]2CCCCC2)c(C)c1C. The van der Waals surface area contributed by atoms with Crippen molar-refractivity contribution in [2.45, 2.75) is 68.6 Å². The topological polar surface area (TPSA) is 86.8 Å². The van der Waals surface area contributed by atoms with Gasteiger partial charge >= 0.3 is 6.08 Å². The van der Waals surface area contributed by atoms with E-state index in [1.807, 2.05) is 39.2 Å². The van der Waals surface area contributed by atoms with Crippen molar-refractivity contribution in [2.75, 3.05) is 13.1 Å². The van der Waals surface area contributed by atoms with Crippen molar-refractivity contribution in [3.8, 4) is 5.75 Å². The quantitative estimate of drug-likeness (QED) is 0.371. The summed E-state index contributed by atoms with van der Waals surface area (Å²) in [5.74, 6) is 0.658.